The van der Waals surface area contributed by atoms with E-state index in [2.05, 4.69) is 10.6 Å². The van der Waals surface area contributed by atoms with Crippen LogP contribution in [0.1, 0.15) is 12.8 Å². The molecule has 0 aromatic heterocycles. The van der Waals surface area contributed by atoms with E-state index < -0.39 is 0 Å². The first-order valence-electron chi connectivity index (χ1n) is 4.82. The lowest BCUT2D eigenvalue weighted by Crippen LogP contribution is -2.42. The van der Waals surface area contributed by atoms with E-state index in [-0.39, 0.29) is 6.10 Å². The number of methoxy groups -OCH3 is 2. The molecule has 0 radical (unpaired) electrons. The largest absolute Gasteiger partial charge is 0.382 e. The highest BCUT2D eigenvalue weighted by Gasteiger charge is 2.21. The summed E-state index contributed by atoms with van der Waals surface area (Å²) in [4.78, 5) is 0. The monoisotopic (exact) mass is 218 g/mol. The molecule has 0 aliphatic heterocycles. The average Bonchev–Trinajstić information content (AvgIpc) is 2.96. The van der Waals surface area contributed by atoms with E-state index in [1.54, 1.807) is 14.2 Å². The molecule has 1 atom stereocenters. The van der Waals surface area contributed by atoms with Gasteiger partial charge in [-0.3, -0.25) is 0 Å². The van der Waals surface area contributed by atoms with Crippen molar-refractivity contribution in [2.45, 2.75) is 25.0 Å². The van der Waals surface area contributed by atoms with Crippen LogP contribution in [0, 0.1) is 0 Å². The summed E-state index contributed by atoms with van der Waals surface area (Å²) in [5.74, 6) is 0. The van der Waals surface area contributed by atoms with Gasteiger partial charge in [-0.1, -0.05) is 0 Å². The Morgan fingerprint density at radius 2 is 2.21 bits per heavy atom. The van der Waals surface area contributed by atoms with Crippen LogP contribution in [-0.4, -0.2) is 44.6 Å². The first-order chi connectivity index (χ1) is 6.76. The minimum Gasteiger partial charge on any atom is -0.382 e. The highest BCUT2D eigenvalue weighted by atomic mass is 32.1. The van der Waals surface area contributed by atoms with Crippen molar-refractivity contribution in [2.75, 3.05) is 27.4 Å². The van der Waals surface area contributed by atoms with Gasteiger partial charge in [0.25, 0.3) is 0 Å². The van der Waals surface area contributed by atoms with Gasteiger partial charge in [0, 0.05) is 26.8 Å². The standard InChI is InChI=1S/C9H18N2O2S/c1-12-6-8(13-2)5-10-9(14)11-7-3-4-7/h7-8H,3-6H2,1-2H3,(H2,10,11,14). The lowest BCUT2D eigenvalue weighted by atomic mass is 10.4. The molecule has 5 heteroatoms. The fourth-order valence-corrected chi connectivity index (χ4v) is 1.32. The van der Waals surface area contributed by atoms with Crippen LogP contribution in [0.3, 0.4) is 0 Å². The number of hydrogen-bond acceptors (Lipinski definition) is 3. The van der Waals surface area contributed by atoms with Gasteiger partial charge in [-0.2, -0.15) is 0 Å². The van der Waals surface area contributed by atoms with E-state index in [4.69, 9.17) is 21.7 Å². The van der Waals surface area contributed by atoms with Crippen LogP contribution in [0.15, 0.2) is 0 Å². The molecule has 4 nitrogen and oxygen atoms in total. The van der Waals surface area contributed by atoms with Crippen molar-refractivity contribution in [3.63, 3.8) is 0 Å². The lowest BCUT2D eigenvalue weighted by molar-refractivity contribution is 0.0315. The lowest BCUT2D eigenvalue weighted by Gasteiger charge is -2.16. The summed E-state index contributed by atoms with van der Waals surface area (Å²) in [6.45, 7) is 1.26. The minimum absolute atomic E-state index is 0.0546. The molecule has 1 unspecified atom stereocenters. The smallest absolute Gasteiger partial charge is 0.166 e. The Kier molecular flexibility index (Phi) is 5.14. The van der Waals surface area contributed by atoms with Crippen LogP contribution in [0.2, 0.25) is 0 Å². The number of nitrogens with one attached hydrogen (secondary N) is 2. The summed E-state index contributed by atoms with van der Waals surface area (Å²) in [7, 11) is 3.33. The molecule has 1 saturated carbocycles. The minimum atomic E-state index is 0.0546. The molecule has 0 amide bonds. The predicted octanol–water partition coefficient (Wildman–Crippen LogP) is 0.274. The first-order valence-corrected chi connectivity index (χ1v) is 5.23. The molecule has 82 valence electrons. The molecule has 0 bridgehead atoms. The third-order valence-electron chi connectivity index (χ3n) is 2.09. The topological polar surface area (TPSA) is 42.5 Å². The molecular weight excluding hydrogens is 200 g/mol. The van der Waals surface area contributed by atoms with E-state index in [0.29, 0.717) is 24.3 Å². The van der Waals surface area contributed by atoms with Gasteiger partial charge in [0.05, 0.1) is 12.7 Å². The fourth-order valence-electron chi connectivity index (χ4n) is 1.07. The normalized spacial score (nSPS) is 17.6. The maximum Gasteiger partial charge on any atom is 0.166 e. The summed E-state index contributed by atoms with van der Waals surface area (Å²) in [5.41, 5.74) is 0. The Bertz CT molecular complexity index is 186. The van der Waals surface area contributed by atoms with Crippen molar-refractivity contribution in [3.05, 3.63) is 0 Å². The van der Waals surface area contributed by atoms with Gasteiger partial charge >= 0.3 is 0 Å². The predicted molar refractivity (Wildman–Crippen MR) is 59.4 cm³/mol. The van der Waals surface area contributed by atoms with Gasteiger partial charge in [-0.15, -0.1) is 0 Å². The quantitative estimate of drug-likeness (QED) is 0.627. The van der Waals surface area contributed by atoms with Crippen molar-refractivity contribution in [1.82, 2.24) is 10.6 Å². The zero-order valence-electron chi connectivity index (χ0n) is 8.71. The molecule has 1 rings (SSSR count). The molecule has 0 saturated heterocycles. The van der Waals surface area contributed by atoms with Crippen LogP contribution in [0.25, 0.3) is 0 Å². The number of thiocarbonyl (C=S) groups is 1. The van der Waals surface area contributed by atoms with Gasteiger partial charge < -0.3 is 20.1 Å². The molecule has 0 heterocycles. The third-order valence-corrected chi connectivity index (χ3v) is 2.35. The van der Waals surface area contributed by atoms with E-state index in [1.807, 2.05) is 0 Å². The maximum atomic E-state index is 5.19. The van der Waals surface area contributed by atoms with Gasteiger partial charge in [0.2, 0.25) is 0 Å². The van der Waals surface area contributed by atoms with Crippen LogP contribution in [-0.2, 0) is 9.47 Å². The number of hydrogen-bond donors (Lipinski definition) is 2. The second kappa shape index (κ2) is 6.16. The zero-order valence-corrected chi connectivity index (χ0v) is 9.52. The number of rotatable bonds is 6. The van der Waals surface area contributed by atoms with Crippen molar-refractivity contribution in [2.24, 2.45) is 0 Å². The van der Waals surface area contributed by atoms with Gasteiger partial charge in [0.15, 0.2) is 5.11 Å². The Labute approximate surface area is 90.3 Å². The van der Waals surface area contributed by atoms with E-state index in [0.717, 1.165) is 0 Å². The van der Waals surface area contributed by atoms with E-state index in [1.165, 1.54) is 12.8 Å². The Balaban J connectivity index is 2.06. The third kappa shape index (κ3) is 4.74. The van der Waals surface area contributed by atoms with Gasteiger partial charge in [-0.25, -0.2) is 0 Å². The van der Waals surface area contributed by atoms with Crippen molar-refractivity contribution < 1.29 is 9.47 Å². The molecular formula is C9H18N2O2S. The fraction of sp³-hybridized carbons (Fsp3) is 0.889. The maximum absolute atomic E-state index is 5.19. The summed E-state index contributed by atoms with van der Waals surface area (Å²) >= 11 is 5.10. The summed E-state index contributed by atoms with van der Waals surface area (Å²) in [6, 6.07) is 0.596. The summed E-state index contributed by atoms with van der Waals surface area (Å²) < 4.78 is 10.2. The van der Waals surface area contributed by atoms with Crippen LogP contribution < -0.4 is 10.6 Å². The number of ether oxygens (including phenoxy) is 2. The molecule has 0 spiro atoms. The Morgan fingerprint density at radius 3 is 2.71 bits per heavy atom. The molecule has 0 aromatic rings. The van der Waals surface area contributed by atoms with Crippen molar-refractivity contribution in [3.8, 4) is 0 Å². The van der Waals surface area contributed by atoms with Crippen molar-refractivity contribution in [1.29, 1.82) is 0 Å². The molecule has 1 fully saturated rings. The van der Waals surface area contributed by atoms with Crippen LogP contribution in [0.4, 0.5) is 0 Å². The zero-order chi connectivity index (χ0) is 10.4. The van der Waals surface area contributed by atoms with E-state index in [9.17, 15) is 0 Å². The highest BCUT2D eigenvalue weighted by molar-refractivity contribution is 7.80. The van der Waals surface area contributed by atoms with Crippen molar-refractivity contribution >= 4 is 17.3 Å². The average molecular weight is 218 g/mol. The Morgan fingerprint density at radius 1 is 1.50 bits per heavy atom. The molecule has 1 aliphatic rings. The summed E-state index contributed by atoms with van der Waals surface area (Å²) in [5, 5.41) is 7.02. The van der Waals surface area contributed by atoms with E-state index >= 15 is 0 Å². The van der Waals surface area contributed by atoms with Crippen LogP contribution >= 0.6 is 12.2 Å². The van der Waals surface area contributed by atoms with Crippen LogP contribution in [0.5, 0.6) is 0 Å². The first kappa shape index (κ1) is 11.7. The molecule has 0 aromatic carbocycles. The van der Waals surface area contributed by atoms with Gasteiger partial charge in [-0.05, 0) is 25.1 Å². The molecule has 1 aliphatic carbocycles. The Hall–Kier alpha value is -0.390. The van der Waals surface area contributed by atoms with Gasteiger partial charge in [0.1, 0.15) is 0 Å². The molecule has 14 heavy (non-hydrogen) atoms. The second-order valence-electron chi connectivity index (χ2n) is 3.44. The second-order valence-corrected chi connectivity index (χ2v) is 3.85. The molecule has 2 N–H and O–H groups in total. The highest BCUT2D eigenvalue weighted by Crippen LogP contribution is 2.18. The SMILES string of the molecule is COCC(CNC(=S)NC1CC1)OC. The summed E-state index contributed by atoms with van der Waals surface area (Å²) in [6.07, 6.45) is 2.51.